The molecule has 0 N–H and O–H groups in total. The molecule has 0 unspecified atom stereocenters. The van der Waals surface area contributed by atoms with E-state index < -0.39 is 0 Å². The Balaban J connectivity index is 2.83. The number of benzene rings is 1. The third kappa shape index (κ3) is 1.74. The summed E-state index contributed by atoms with van der Waals surface area (Å²) < 4.78 is 3.83. The maximum absolute atomic E-state index is 4.39. The molecule has 0 aliphatic carbocycles. The second-order valence-corrected chi connectivity index (χ2v) is 5.89. The molecule has 68 valence electrons. The summed E-state index contributed by atoms with van der Waals surface area (Å²) in [6.45, 7) is 2.19. The Kier molecular flexibility index (Phi) is 2.86. The van der Waals surface area contributed by atoms with Gasteiger partial charge in [0.1, 0.15) is 0 Å². The van der Waals surface area contributed by atoms with Crippen LogP contribution in [0.15, 0.2) is 22.4 Å². The standard InChI is InChI=1S/C10H9IS2/c1-2-6-3-4-8(11)7-5-9(12)13-10(6)7/h3-5,12H,2H2,1H3. The van der Waals surface area contributed by atoms with Crippen molar-refractivity contribution in [3.05, 3.63) is 27.3 Å². The highest BCUT2D eigenvalue weighted by Crippen LogP contribution is 2.34. The first-order valence-corrected chi connectivity index (χ1v) is 6.46. The fourth-order valence-corrected chi connectivity index (χ4v) is 3.61. The number of thiol groups is 1. The Hall–Kier alpha value is 0.260. The van der Waals surface area contributed by atoms with Gasteiger partial charge in [-0.2, -0.15) is 0 Å². The minimum absolute atomic E-state index is 1.10. The fourth-order valence-electron chi connectivity index (χ4n) is 1.41. The van der Waals surface area contributed by atoms with Gasteiger partial charge in [-0.25, -0.2) is 0 Å². The zero-order chi connectivity index (χ0) is 9.42. The quantitative estimate of drug-likeness (QED) is 0.586. The summed E-state index contributed by atoms with van der Waals surface area (Å²) >= 11 is 8.55. The van der Waals surface area contributed by atoms with Crippen molar-refractivity contribution in [1.29, 1.82) is 0 Å². The van der Waals surface area contributed by atoms with Crippen molar-refractivity contribution in [3.63, 3.8) is 0 Å². The van der Waals surface area contributed by atoms with Gasteiger partial charge in [-0.05, 0) is 46.7 Å². The third-order valence-corrected chi connectivity index (χ3v) is 4.44. The van der Waals surface area contributed by atoms with E-state index in [4.69, 9.17) is 0 Å². The molecule has 0 bridgehead atoms. The zero-order valence-electron chi connectivity index (χ0n) is 7.17. The topological polar surface area (TPSA) is 0 Å². The average Bonchev–Trinajstić information content (AvgIpc) is 2.48. The molecule has 3 heteroatoms. The van der Waals surface area contributed by atoms with Gasteiger partial charge in [0.25, 0.3) is 0 Å². The number of fused-ring (bicyclic) bond motifs is 1. The van der Waals surface area contributed by atoms with Crippen molar-refractivity contribution in [2.45, 2.75) is 17.6 Å². The van der Waals surface area contributed by atoms with Gasteiger partial charge in [-0.15, -0.1) is 24.0 Å². The molecule has 2 rings (SSSR count). The lowest BCUT2D eigenvalue weighted by atomic mass is 10.1. The SMILES string of the molecule is CCc1ccc(I)c2cc(S)sc12. The maximum Gasteiger partial charge on any atom is 0.0581 e. The van der Waals surface area contributed by atoms with Crippen LogP contribution in [0, 0.1) is 3.57 Å². The molecule has 0 saturated heterocycles. The molecule has 0 aliphatic rings. The number of aryl methyl sites for hydroxylation is 1. The third-order valence-electron chi connectivity index (χ3n) is 2.08. The summed E-state index contributed by atoms with van der Waals surface area (Å²) in [5.41, 5.74) is 1.43. The number of rotatable bonds is 1. The van der Waals surface area contributed by atoms with E-state index >= 15 is 0 Å². The summed E-state index contributed by atoms with van der Waals surface area (Å²) in [5.74, 6) is 0. The number of hydrogen-bond acceptors (Lipinski definition) is 2. The van der Waals surface area contributed by atoms with Gasteiger partial charge in [0.2, 0.25) is 0 Å². The molecule has 1 heterocycles. The molecule has 2 aromatic rings. The van der Waals surface area contributed by atoms with Crippen LogP contribution >= 0.6 is 46.6 Å². The van der Waals surface area contributed by atoms with E-state index in [9.17, 15) is 0 Å². The van der Waals surface area contributed by atoms with Crippen LogP contribution < -0.4 is 0 Å². The van der Waals surface area contributed by atoms with Gasteiger partial charge in [0.15, 0.2) is 0 Å². The van der Waals surface area contributed by atoms with Gasteiger partial charge < -0.3 is 0 Å². The molecule has 0 atom stereocenters. The van der Waals surface area contributed by atoms with Crippen LogP contribution in [-0.2, 0) is 6.42 Å². The molecule has 0 fully saturated rings. The van der Waals surface area contributed by atoms with E-state index in [1.165, 1.54) is 19.2 Å². The van der Waals surface area contributed by atoms with Crippen molar-refractivity contribution in [2.24, 2.45) is 0 Å². The van der Waals surface area contributed by atoms with Gasteiger partial charge in [0, 0.05) is 13.7 Å². The van der Waals surface area contributed by atoms with E-state index in [1.54, 1.807) is 11.3 Å². The lowest BCUT2D eigenvalue weighted by molar-refractivity contribution is 1.16. The largest absolute Gasteiger partial charge is 0.133 e. The second kappa shape index (κ2) is 3.79. The number of hydrogen-bond donors (Lipinski definition) is 1. The van der Waals surface area contributed by atoms with Crippen molar-refractivity contribution in [1.82, 2.24) is 0 Å². The van der Waals surface area contributed by atoms with E-state index in [0.29, 0.717) is 0 Å². The van der Waals surface area contributed by atoms with Crippen LogP contribution in [0.1, 0.15) is 12.5 Å². The van der Waals surface area contributed by atoms with Crippen molar-refractivity contribution < 1.29 is 0 Å². The van der Waals surface area contributed by atoms with Crippen molar-refractivity contribution >= 4 is 56.6 Å². The predicted molar refractivity (Wildman–Crippen MR) is 71.2 cm³/mol. The molecule has 0 aliphatic heterocycles. The summed E-state index contributed by atoms with van der Waals surface area (Å²) in [4.78, 5) is 0. The highest BCUT2D eigenvalue weighted by molar-refractivity contribution is 14.1. The molecule has 0 saturated carbocycles. The van der Waals surface area contributed by atoms with E-state index in [2.05, 4.69) is 60.3 Å². The van der Waals surface area contributed by atoms with Gasteiger partial charge >= 0.3 is 0 Å². The Morgan fingerprint density at radius 3 is 2.92 bits per heavy atom. The Morgan fingerprint density at radius 2 is 2.23 bits per heavy atom. The molecule has 0 spiro atoms. The highest BCUT2D eigenvalue weighted by atomic mass is 127. The van der Waals surface area contributed by atoms with Gasteiger partial charge in [-0.3, -0.25) is 0 Å². The predicted octanol–water partition coefficient (Wildman–Crippen LogP) is 4.36. The van der Waals surface area contributed by atoms with Crippen LogP contribution in [0.4, 0.5) is 0 Å². The van der Waals surface area contributed by atoms with E-state index in [1.807, 2.05) is 0 Å². The first-order chi connectivity index (χ1) is 6.22. The normalized spacial score (nSPS) is 11.0. The molecule has 0 radical (unpaired) electrons. The van der Waals surface area contributed by atoms with E-state index in [0.717, 1.165) is 10.6 Å². The Labute approximate surface area is 101 Å². The van der Waals surface area contributed by atoms with Crippen LogP contribution in [0.3, 0.4) is 0 Å². The van der Waals surface area contributed by atoms with Crippen molar-refractivity contribution in [2.75, 3.05) is 0 Å². The zero-order valence-corrected chi connectivity index (χ0v) is 11.0. The second-order valence-electron chi connectivity index (χ2n) is 2.89. The molecule has 1 aromatic heterocycles. The number of halogens is 1. The Bertz CT molecular complexity index is 445. The average molecular weight is 320 g/mol. The molecule has 13 heavy (non-hydrogen) atoms. The minimum Gasteiger partial charge on any atom is -0.133 e. The number of thiophene rings is 1. The van der Waals surface area contributed by atoms with Crippen LogP contribution in [0.5, 0.6) is 0 Å². The lowest BCUT2D eigenvalue weighted by Gasteiger charge is -1.99. The first-order valence-electron chi connectivity index (χ1n) is 4.12. The molecule has 0 nitrogen and oxygen atoms in total. The summed E-state index contributed by atoms with van der Waals surface area (Å²) in [7, 11) is 0. The van der Waals surface area contributed by atoms with Gasteiger partial charge in [-0.1, -0.05) is 13.0 Å². The summed E-state index contributed by atoms with van der Waals surface area (Å²) in [5, 5.41) is 1.36. The molecular weight excluding hydrogens is 311 g/mol. The van der Waals surface area contributed by atoms with Crippen LogP contribution in [-0.4, -0.2) is 0 Å². The smallest absolute Gasteiger partial charge is 0.0581 e. The monoisotopic (exact) mass is 320 g/mol. The molecule has 0 amide bonds. The summed E-state index contributed by atoms with van der Waals surface area (Å²) in [6, 6.07) is 6.56. The van der Waals surface area contributed by atoms with Crippen molar-refractivity contribution in [3.8, 4) is 0 Å². The van der Waals surface area contributed by atoms with Gasteiger partial charge in [0.05, 0.1) is 4.21 Å². The highest BCUT2D eigenvalue weighted by Gasteiger charge is 2.06. The van der Waals surface area contributed by atoms with Crippen LogP contribution in [0.25, 0.3) is 10.1 Å². The van der Waals surface area contributed by atoms with Crippen LogP contribution in [0.2, 0.25) is 0 Å². The minimum atomic E-state index is 1.10. The first kappa shape index (κ1) is 9.80. The summed E-state index contributed by atoms with van der Waals surface area (Å²) in [6.07, 6.45) is 1.10. The fraction of sp³-hybridized carbons (Fsp3) is 0.200. The molecule has 1 aromatic carbocycles. The van der Waals surface area contributed by atoms with E-state index in [-0.39, 0.29) is 0 Å². The molecular formula is C10H9IS2. The lowest BCUT2D eigenvalue weighted by Crippen LogP contribution is -1.81. The maximum atomic E-state index is 4.39. The Morgan fingerprint density at radius 1 is 1.46 bits per heavy atom.